The second kappa shape index (κ2) is 11.2. The van der Waals surface area contributed by atoms with Crippen molar-refractivity contribution in [3.63, 3.8) is 0 Å². The summed E-state index contributed by atoms with van der Waals surface area (Å²) in [7, 11) is 0. The van der Waals surface area contributed by atoms with Crippen LogP contribution in [0.4, 0.5) is 5.13 Å². The predicted octanol–water partition coefficient (Wildman–Crippen LogP) is 5.92. The number of ketones is 1. The minimum absolute atomic E-state index is 0.0391. The van der Waals surface area contributed by atoms with Gasteiger partial charge in [-0.3, -0.25) is 9.69 Å². The number of nitrogens with two attached hydrogens (primary N) is 1. The molecule has 1 unspecified atom stereocenters. The van der Waals surface area contributed by atoms with Gasteiger partial charge < -0.3 is 10.5 Å². The van der Waals surface area contributed by atoms with Crippen LogP contribution in [0.2, 0.25) is 0 Å². The SMILES string of the molecule is CCCSc1nnc(N2C(N)=C(C#N)C(c3cccc(OCc4ccccc4)c3)C3=C2CCCC3=O)s1. The van der Waals surface area contributed by atoms with Gasteiger partial charge in [-0.15, -0.1) is 10.2 Å². The van der Waals surface area contributed by atoms with Crippen molar-refractivity contribution in [3.8, 4) is 11.8 Å². The quantitative estimate of drug-likeness (QED) is 0.358. The first kappa shape index (κ1) is 25.1. The zero-order valence-corrected chi connectivity index (χ0v) is 22.1. The lowest BCUT2D eigenvalue weighted by atomic mass is 9.76. The summed E-state index contributed by atoms with van der Waals surface area (Å²) in [6, 6.07) is 19.9. The van der Waals surface area contributed by atoms with Gasteiger partial charge >= 0.3 is 0 Å². The van der Waals surface area contributed by atoms with Gasteiger partial charge in [-0.2, -0.15) is 5.26 Å². The van der Waals surface area contributed by atoms with Crippen LogP contribution in [-0.2, 0) is 11.4 Å². The number of allylic oxidation sites excluding steroid dienone is 3. The number of carbonyl (C=O) groups is 1. The van der Waals surface area contributed by atoms with Crippen molar-refractivity contribution in [2.75, 3.05) is 10.7 Å². The standard InChI is InChI=1S/C28H27N5O2S2/c1-2-14-36-28-32-31-27(37-28)33-22-12-7-13-23(34)25(22)24(21(16-29)26(33)30)19-10-6-11-20(15-19)35-17-18-8-4-3-5-9-18/h3-6,8-11,15,24H,2,7,12-14,17,30H2,1H3. The van der Waals surface area contributed by atoms with E-state index >= 15 is 0 Å². The molecule has 1 aliphatic heterocycles. The molecule has 1 atom stereocenters. The maximum absolute atomic E-state index is 13.4. The molecule has 3 aromatic rings. The van der Waals surface area contributed by atoms with Crippen molar-refractivity contribution in [2.45, 2.75) is 49.5 Å². The van der Waals surface area contributed by atoms with Crippen LogP contribution in [0.1, 0.15) is 49.7 Å². The number of aromatic nitrogens is 2. The van der Waals surface area contributed by atoms with E-state index in [0.717, 1.165) is 39.8 Å². The number of nitriles is 1. The fourth-order valence-electron chi connectivity index (χ4n) is 4.70. The highest BCUT2D eigenvalue weighted by Crippen LogP contribution is 2.47. The third-order valence-electron chi connectivity index (χ3n) is 6.37. The summed E-state index contributed by atoms with van der Waals surface area (Å²) < 4.78 is 6.89. The van der Waals surface area contributed by atoms with Gasteiger partial charge in [0, 0.05) is 23.4 Å². The highest BCUT2D eigenvalue weighted by atomic mass is 32.2. The van der Waals surface area contributed by atoms with E-state index < -0.39 is 5.92 Å². The van der Waals surface area contributed by atoms with Gasteiger partial charge in [-0.05, 0) is 42.5 Å². The Bertz CT molecular complexity index is 1410. The van der Waals surface area contributed by atoms with Crippen molar-refractivity contribution in [1.82, 2.24) is 10.2 Å². The number of nitrogens with zero attached hydrogens (tertiary/aromatic N) is 4. The second-order valence-corrected chi connectivity index (χ2v) is 11.2. The zero-order valence-electron chi connectivity index (χ0n) is 20.5. The fraction of sp³-hybridized carbons (Fsp3) is 0.286. The third-order valence-corrected chi connectivity index (χ3v) is 8.62. The summed E-state index contributed by atoms with van der Waals surface area (Å²) in [5.74, 6) is 1.41. The first-order valence-electron chi connectivity index (χ1n) is 12.3. The van der Waals surface area contributed by atoms with E-state index in [9.17, 15) is 10.1 Å². The van der Waals surface area contributed by atoms with E-state index in [1.807, 2.05) is 54.6 Å². The van der Waals surface area contributed by atoms with Crippen molar-refractivity contribution in [1.29, 1.82) is 5.26 Å². The van der Waals surface area contributed by atoms with Gasteiger partial charge in [0.2, 0.25) is 5.13 Å². The maximum Gasteiger partial charge on any atom is 0.219 e. The lowest BCUT2D eigenvalue weighted by Gasteiger charge is -2.38. The van der Waals surface area contributed by atoms with Gasteiger partial charge in [0.05, 0.1) is 17.6 Å². The second-order valence-electron chi connectivity index (χ2n) is 8.86. The molecule has 9 heteroatoms. The Kier molecular flexibility index (Phi) is 7.58. The van der Waals surface area contributed by atoms with Crippen LogP contribution in [0.25, 0.3) is 0 Å². The Hall–Kier alpha value is -3.61. The van der Waals surface area contributed by atoms with Gasteiger partial charge in [0.15, 0.2) is 10.1 Å². The van der Waals surface area contributed by atoms with Crippen LogP contribution >= 0.6 is 23.1 Å². The average Bonchev–Trinajstić information content (AvgIpc) is 3.39. The highest BCUT2D eigenvalue weighted by molar-refractivity contribution is 8.01. The molecule has 0 radical (unpaired) electrons. The van der Waals surface area contributed by atoms with Gasteiger partial charge in [-0.1, -0.05) is 72.5 Å². The van der Waals surface area contributed by atoms with Gasteiger partial charge in [-0.25, -0.2) is 0 Å². The first-order chi connectivity index (χ1) is 18.1. The number of hydrogen-bond acceptors (Lipinski definition) is 9. The number of Topliss-reactive ketones (excluding diaryl/α,β-unsaturated/α-hetero) is 1. The number of carbonyl (C=O) groups excluding carboxylic acids is 1. The predicted molar refractivity (Wildman–Crippen MR) is 146 cm³/mol. The minimum Gasteiger partial charge on any atom is -0.489 e. The summed E-state index contributed by atoms with van der Waals surface area (Å²) in [6.07, 6.45) is 2.88. The summed E-state index contributed by atoms with van der Waals surface area (Å²) in [5.41, 5.74) is 10.3. The Morgan fingerprint density at radius 1 is 1.19 bits per heavy atom. The van der Waals surface area contributed by atoms with E-state index in [-0.39, 0.29) is 5.78 Å². The molecule has 188 valence electrons. The van der Waals surface area contributed by atoms with E-state index in [1.54, 1.807) is 16.7 Å². The molecule has 0 saturated carbocycles. The topological polar surface area (TPSA) is 105 Å². The number of anilines is 1. The lowest BCUT2D eigenvalue weighted by molar-refractivity contribution is -0.116. The molecular weight excluding hydrogens is 502 g/mol. The zero-order chi connectivity index (χ0) is 25.8. The monoisotopic (exact) mass is 529 g/mol. The fourth-order valence-corrected chi connectivity index (χ4v) is 6.51. The first-order valence-corrected chi connectivity index (χ1v) is 14.1. The van der Waals surface area contributed by atoms with Gasteiger partial charge in [0.1, 0.15) is 18.2 Å². The number of ether oxygens (including phenoxy) is 1. The van der Waals surface area contributed by atoms with E-state index in [2.05, 4.69) is 23.2 Å². The van der Waals surface area contributed by atoms with Crippen LogP contribution in [0.15, 0.2) is 81.6 Å². The Balaban J connectivity index is 1.53. The van der Waals surface area contributed by atoms with Crippen LogP contribution in [0.3, 0.4) is 0 Å². The van der Waals surface area contributed by atoms with Gasteiger partial charge in [0.25, 0.3) is 0 Å². The molecule has 0 fully saturated rings. The minimum atomic E-state index is -0.550. The molecule has 0 spiro atoms. The van der Waals surface area contributed by atoms with Crippen molar-refractivity contribution in [3.05, 3.63) is 88.4 Å². The lowest BCUT2D eigenvalue weighted by Crippen LogP contribution is -2.38. The largest absolute Gasteiger partial charge is 0.489 e. The summed E-state index contributed by atoms with van der Waals surface area (Å²) in [4.78, 5) is 15.2. The molecule has 0 saturated heterocycles. The van der Waals surface area contributed by atoms with Crippen LogP contribution < -0.4 is 15.4 Å². The molecule has 5 rings (SSSR count). The molecule has 0 bridgehead atoms. The van der Waals surface area contributed by atoms with E-state index in [4.69, 9.17) is 10.5 Å². The number of benzene rings is 2. The number of hydrogen-bond donors (Lipinski definition) is 1. The summed E-state index contributed by atoms with van der Waals surface area (Å²) in [6.45, 7) is 2.54. The van der Waals surface area contributed by atoms with Crippen molar-refractivity contribution >= 4 is 34.0 Å². The van der Waals surface area contributed by atoms with E-state index in [0.29, 0.717) is 47.3 Å². The molecule has 1 aliphatic carbocycles. The molecule has 37 heavy (non-hydrogen) atoms. The maximum atomic E-state index is 13.4. The van der Waals surface area contributed by atoms with Crippen LogP contribution in [-0.4, -0.2) is 21.7 Å². The molecule has 2 N–H and O–H groups in total. The molecular formula is C28H27N5O2S2. The Labute approximate surface area is 224 Å². The third kappa shape index (κ3) is 5.13. The molecule has 2 heterocycles. The molecule has 0 amide bonds. The molecule has 2 aliphatic rings. The van der Waals surface area contributed by atoms with Crippen molar-refractivity contribution < 1.29 is 9.53 Å². The molecule has 1 aromatic heterocycles. The Morgan fingerprint density at radius 2 is 2.03 bits per heavy atom. The van der Waals surface area contributed by atoms with Crippen LogP contribution in [0, 0.1) is 11.3 Å². The highest BCUT2D eigenvalue weighted by Gasteiger charge is 2.41. The average molecular weight is 530 g/mol. The van der Waals surface area contributed by atoms with E-state index in [1.165, 1.54) is 11.3 Å². The molecule has 7 nitrogen and oxygen atoms in total. The summed E-state index contributed by atoms with van der Waals surface area (Å²) in [5, 5.41) is 19.5. The summed E-state index contributed by atoms with van der Waals surface area (Å²) >= 11 is 3.08. The normalized spacial score (nSPS) is 17.6. The Morgan fingerprint density at radius 3 is 2.81 bits per heavy atom. The number of rotatable bonds is 8. The van der Waals surface area contributed by atoms with Crippen LogP contribution in [0.5, 0.6) is 5.75 Å². The molecule has 2 aromatic carbocycles. The smallest absolute Gasteiger partial charge is 0.219 e. The number of thioether (sulfide) groups is 1. The van der Waals surface area contributed by atoms with Crippen molar-refractivity contribution in [2.24, 2.45) is 5.73 Å².